The van der Waals surface area contributed by atoms with Crippen molar-refractivity contribution in [2.24, 2.45) is 0 Å². The van der Waals surface area contributed by atoms with Crippen molar-refractivity contribution < 1.29 is 13.2 Å². The summed E-state index contributed by atoms with van der Waals surface area (Å²) in [5, 5.41) is 3.37. The fourth-order valence-electron chi connectivity index (χ4n) is 3.28. The largest absolute Gasteiger partial charge is 0.336 e. The number of rotatable bonds is 3. The molecule has 24 heavy (non-hydrogen) atoms. The second-order valence-electron chi connectivity index (χ2n) is 6.27. The fourth-order valence-corrected chi connectivity index (χ4v) is 3.95. The molecule has 1 atom stereocenters. The van der Waals surface area contributed by atoms with Gasteiger partial charge in [0.25, 0.3) is 5.91 Å². The van der Waals surface area contributed by atoms with Crippen LogP contribution in [0.1, 0.15) is 16.8 Å². The van der Waals surface area contributed by atoms with Gasteiger partial charge in [-0.3, -0.25) is 9.69 Å². The molecule has 1 N–H and O–H groups in total. The number of nitrogens with one attached hydrogen (secondary N) is 1. The minimum absolute atomic E-state index is 0. The Morgan fingerprint density at radius 3 is 2.50 bits per heavy atom. The predicted octanol–water partition coefficient (Wildman–Crippen LogP) is 0.632. The van der Waals surface area contributed by atoms with Crippen LogP contribution in [-0.4, -0.2) is 75.7 Å². The van der Waals surface area contributed by atoms with Crippen LogP contribution in [0.4, 0.5) is 0 Å². The number of hydrogen-bond acceptors (Lipinski definition) is 5. The number of amides is 1. The molecule has 1 aromatic carbocycles. The number of hydrogen-bond donors (Lipinski definition) is 1. The van der Waals surface area contributed by atoms with E-state index in [1.54, 1.807) is 12.1 Å². The van der Waals surface area contributed by atoms with Crippen LogP contribution in [0.3, 0.4) is 0 Å². The maximum absolute atomic E-state index is 12.6. The van der Waals surface area contributed by atoms with Crippen LogP contribution in [0.2, 0.25) is 0 Å². The van der Waals surface area contributed by atoms with E-state index in [9.17, 15) is 13.2 Å². The summed E-state index contributed by atoms with van der Waals surface area (Å²) < 4.78 is 23.3. The van der Waals surface area contributed by atoms with Gasteiger partial charge in [0.2, 0.25) is 0 Å². The highest BCUT2D eigenvalue weighted by molar-refractivity contribution is 7.90. The molecule has 2 saturated heterocycles. The molecule has 1 unspecified atom stereocenters. The maximum atomic E-state index is 12.6. The minimum Gasteiger partial charge on any atom is -0.336 e. The van der Waals surface area contributed by atoms with Gasteiger partial charge in [-0.1, -0.05) is 6.07 Å². The van der Waals surface area contributed by atoms with E-state index < -0.39 is 9.84 Å². The van der Waals surface area contributed by atoms with E-state index in [0.717, 1.165) is 32.4 Å². The number of carbonyl (C=O) groups excluding carboxylic acids is 1. The van der Waals surface area contributed by atoms with Gasteiger partial charge in [0.1, 0.15) is 0 Å². The number of carbonyl (C=O) groups is 1. The quantitative estimate of drug-likeness (QED) is 0.841. The van der Waals surface area contributed by atoms with Gasteiger partial charge in [-0.05, 0) is 31.2 Å². The van der Waals surface area contributed by atoms with E-state index in [2.05, 4.69) is 10.2 Å². The van der Waals surface area contributed by atoms with E-state index >= 15 is 0 Å². The summed E-state index contributed by atoms with van der Waals surface area (Å²) in [7, 11) is -3.30. The average molecular weight is 374 g/mol. The summed E-state index contributed by atoms with van der Waals surface area (Å²) in [4.78, 5) is 17.1. The molecule has 1 amide bonds. The molecule has 2 fully saturated rings. The zero-order chi connectivity index (χ0) is 16.4. The highest BCUT2D eigenvalue weighted by atomic mass is 35.5. The SMILES string of the molecule is CS(=O)(=O)c1cccc(C(=O)N2CCN(C3CCNC3)CC2)c1.Cl. The number of benzene rings is 1. The first-order chi connectivity index (χ1) is 10.9. The number of nitrogens with zero attached hydrogens (tertiary/aromatic N) is 2. The van der Waals surface area contributed by atoms with Crippen molar-refractivity contribution in [1.82, 2.24) is 15.1 Å². The summed E-state index contributed by atoms with van der Waals surface area (Å²) in [6, 6.07) is 6.90. The lowest BCUT2D eigenvalue weighted by atomic mass is 10.1. The number of halogens is 1. The van der Waals surface area contributed by atoms with Gasteiger partial charge < -0.3 is 10.2 Å². The summed E-state index contributed by atoms with van der Waals surface area (Å²) in [6.07, 6.45) is 2.33. The van der Waals surface area contributed by atoms with Crippen molar-refractivity contribution >= 4 is 28.2 Å². The van der Waals surface area contributed by atoms with E-state index in [0.29, 0.717) is 24.7 Å². The smallest absolute Gasteiger partial charge is 0.253 e. The minimum atomic E-state index is -3.30. The van der Waals surface area contributed by atoms with Gasteiger partial charge in [-0.25, -0.2) is 8.42 Å². The van der Waals surface area contributed by atoms with Crippen LogP contribution < -0.4 is 5.32 Å². The Kier molecular flexibility index (Phi) is 6.25. The molecular weight excluding hydrogens is 350 g/mol. The lowest BCUT2D eigenvalue weighted by Gasteiger charge is -2.37. The molecule has 2 heterocycles. The highest BCUT2D eigenvalue weighted by Gasteiger charge is 2.28. The van der Waals surface area contributed by atoms with E-state index in [1.165, 1.54) is 18.6 Å². The van der Waals surface area contributed by atoms with Crippen molar-refractivity contribution in [3.8, 4) is 0 Å². The number of sulfone groups is 1. The Bertz CT molecular complexity index is 682. The molecule has 0 bridgehead atoms. The van der Waals surface area contributed by atoms with Crippen molar-refractivity contribution in [3.63, 3.8) is 0 Å². The summed E-state index contributed by atoms with van der Waals surface area (Å²) in [5.74, 6) is -0.0836. The Morgan fingerprint density at radius 2 is 1.92 bits per heavy atom. The molecule has 0 aliphatic carbocycles. The normalized spacial score (nSPS) is 22.2. The van der Waals surface area contributed by atoms with Gasteiger partial charge in [0.05, 0.1) is 4.90 Å². The van der Waals surface area contributed by atoms with Crippen LogP contribution in [0, 0.1) is 0 Å². The van der Waals surface area contributed by atoms with Crippen LogP contribution in [0.25, 0.3) is 0 Å². The Morgan fingerprint density at radius 1 is 1.21 bits per heavy atom. The standard InChI is InChI=1S/C16H23N3O3S.ClH/c1-23(21,22)15-4-2-3-13(11-15)16(20)19-9-7-18(8-10-19)14-5-6-17-12-14;/h2-4,11,14,17H,5-10,12H2,1H3;1H. The van der Waals surface area contributed by atoms with Crippen molar-refractivity contribution in [1.29, 1.82) is 0 Å². The summed E-state index contributed by atoms with van der Waals surface area (Å²) >= 11 is 0. The second kappa shape index (κ2) is 7.82. The van der Waals surface area contributed by atoms with E-state index in [1.807, 2.05) is 4.90 Å². The molecule has 8 heteroatoms. The molecule has 2 aliphatic rings. The van der Waals surface area contributed by atoms with Gasteiger partial charge in [0.15, 0.2) is 9.84 Å². The fraction of sp³-hybridized carbons (Fsp3) is 0.562. The molecule has 1 aromatic rings. The molecule has 0 radical (unpaired) electrons. The van der Waals surface area contributed by atoms with Crippen molar-refractivity contribution in [2.75, 3.05) is 45.5 Å². The third-order valence-electron chi connectivity index (χ3n) is 4.66. The van der Waals surface area contributed by atoms with Gasteiger partial charge in [-0.2, -0.15) is 0 Å². The summed E-state index contributed by atoms with van der Waals surface area (Å²) in [5.41, 5.74) is 0.448. The van der Waals surface area contributed by atoms with Crippen molar-refractivity contribution in [2.45, 2.75) is 17.4 Å². The molecule has 0 saturated carbocycles. The summed E-state index contributed by atoms with van der Waals surface area (Å²) in [6.45, 7) is 5.25. The zero-order valence-corrected chi connectivity index (χ0v) is 15.4. The Hall–Kier alpha value is -1.15. The molecule has 0 spiro atoms. The second-order valence-corrected chi connectivity index (χ2v) is 8.29. The van der Waals surface area contributed by atoms with E-state index in [-0.39, 0.29) is 23.2 Å². The predicted molar refractivity (Wildman–Crippen MR) is 95.6 cm³/mol. The Balaban J connectivity index is 0.00000208. The lowest BCUT2D eigenvalue weighted by Crippen LogP contribution is -2.52. The average Bonchev–Trinajstić information content (AvgIpc) is 3.08. The van der Waals surface area contributed by atoms with Crippen molar-refractivity contribution in [3.05, 3.63) is 29.8 Å². The van der Waals surface area contributed by atoms with Crippen LogP contribution in [-0.2, 0) is 9.84 Å². The molecule has 134 valence electrons. The van der Waals surface area contributed by atoms with Gasteiger partial charge >= 0.3 is 0 Å². The lowest BCUT2D eigenvalue weighted by molar-refractivity contribution is 0.0583. The molecule has 2 aliphatic heterocycles. The van der Waals surface area contributed by atoms with Gasteiger partial charge in [0, 0.05) is 50.6 Å². The number of piperazine rings is 1. The van der Waals surface area contributed by atoms with Crippen LogP contribution in [0.5, 0.6) is 0 Å². The molecular formula is C16H24ClN3O3S. The Labute approximate surface area is 149 Å². The first-order valence-corrected chi connectivity index (χ1v) is 9.88. The first-order valence-electron chi connectivity index (χ1n) is 7.99. The molecule has 3 rings (SSSR count). The van der Waals surface area contributed by atoms with Crippen LogP contribution in [0.15, 0.2) is 29.2 Å². The third-order valence-corrected chi connectivity index (χ3v) is 5.77. The highest BCUT2D eigenvalue weighted by Crippen LogP contribution is 2.16. The molecule has 6 nitrogen and oxygen atoms in total. The molecule has 0 aromatic heterocycles. The first kappa shape index (κ1) is 19.2. The zero-order valence-electron chi connectivity index (χ0n) is 13.8. The topological polar surface area (TPSA) is 69.7 Å². The monoisotopic (exact) mass is 373 g/mol. The van der Waals surface area contributed by atoms with Crippen LogP contribution >= 0.6 is 12.4 Å². The van der Waals surface area contributed by atoms with E-state index in [4.69, 9.17) is 0 Å². The third kappa shape index (κ3) is 4.27. The maximum Gasteiger partial charge on any atom is 0.253 e. The van der Waals surface area contributed by atoms with Gasteiger partial charge in [-0.15, -0.1) is 12.4 Å².